The summed E-state index contributed by atoms with van der Waals surface area (Å²) in [5, 5.41) is 9.85. The molecule has 0 fully saturated rings. The van der Waals surface area contributed by atoms with Crippen LogP contribution in [0, 0.1) is 17.2 Å². The average molecular weight is 382 g/mol. The molecule has 0 aliphatic heterocycles. The molecule has 3 aromatic rings. The molecule has 1 aliphatic rings. The Morgan fingerprint density at radius 1 is 1.17 bits per heavy atom. The number of pyridine rings is 1. The standard InChI is InChI=1S/C25H22N2O2/c1-16-12-19(14-18-8-4-3-5-9-18)24-21(13-16)23(25(28)29-17(2)15-26)20-10-6-7-11-22(20)27-24/h3-11,14,16-17H,12-13H2,1-2H3/b19-14-/t16-,17+/m0/s1. The lowest BCUT2D eigenvalue weighted by Crippen LogP contribution is -2.21. The number of ether oxygens (including phenoxy) is 1. The van der Waals surface area contributed by atoms with Crippen molar-refractivity contribution in [2.75, 3.05) is 0 Å². The second kappa shape index (κ2) is 7.89. The van der Waals surface area contributed by atoms with Crippen LogP contribution in [0.1, 0.15) is 47.4 Å². The van der Waals surface area contributed by atoms with Crippen LogP contribution in [0.4, 0.5) is 0 Å². The number of benzene rings is 2. The van der Waals surface area contributed by atoms with E-state index in [4.69, 9.17) is 15.0 Å². The van der Waals surface area contributed by atoms with Gasteiger partial charge in [0.05, 0.1) is 16.8 Å². The normalized spacial score (nSPS) is 18.1. The minimum atomic E-state index is -0.801. The molecule has 0 unspecified atom stereocenters. The first kappa shape index (κ1) is 18.9. The van der Waals surface area contributed by atoms with Gasteiger partial charge < -0.3 is 4.74 Å². The van der Waals surface area contributed by atoms with E-state index in [-0.39, 0.29) is 0 Å². The van der Waals surface area contributed by atoms with Crippen molar-refractivity contribution in [3.63, 3.8) is 0 Å². The molecule has 2 atom stereocenters. The first-order valence-electron chi connectivity index (χ1n) is 9.85. The Morgan fingerprint density at radius 3 is 2.66 bits per heavy atom. The first-order chi connectivity index (χ1) is 14.1. The van der Waals surface area contributed by atoms with Gasteiger partial charge in [-0.3, -0.25) is 0 Å². The van der Waals surface area contributed by atoms with E-state index in [0.29, 0.717) is 11.5 Å². The monoisotopic (exact) mass is 382 g/mol. The summed E-state index contributed by atoms with van der Waals surface area (Å²) < 4.78 is 5.40. The number of carbonyl (C=O) groups is 1. The van der Waals surface area contributed by atoms with Gasteiger partial charge in [0.1, 0.15) is 6.07 Å². The summed E-state index contributed by atoms with van der Waals surface area (Å²) in [6.45, 7) is 3.76. The Balaban J connectivity index is 1.94. The van der Waals surface area contributed by atoms with Gasteiger partial charge in [-0.15, -0.1) is 0 Å². The maximum atomic E-state index is 13.1. The van der Waals surface area contributed by atoms with Crippen LogP contribution in [0.5, 0.6) is 0 Å². The Hall–Kier alpha value is -3.45. The highest BCUT2D eigenvalue weighted by molar-refractivity contribution is 6.06. The maximum Gasteiger partial charge on any atom is 0.340 e. The molecule has 0 amide bonds. The van der Waals surface area contributed by atoms with Crippen LogP contribution in [0.3, 0.4) is 0 Å². The topological polar surface area (TPSA) is 63.0 Å². The zero-order valence-corrected chi connectivity index (χ0v) is 16.6. The Bertz CT molecular complexity index is 1140. The molecule has 1 heterocycles. The molecule has 0 N–H and O–H groups in total. The summed E-state index contributed by atoms with van der Waals surface area (Å²) in [5.41, 5.74) is 5.31. The summed E-state index contributed by atoms with van der Waals surface area (Å²) in [6, 6.07) is 19.8. The number of allylic oxidation sites excluding steroid dienone is 1. The molecule has 4 nitrogen and oxygen atoms in total. The lowest BCUT2D eigenvalue weighted by atomic mass is 9.80. The molecule has 0 bridgehead atoms. The lowest BCUT2D eigenvalue weighted by molar-refractivity contribution is 0.0436. The fourth-order valence-electron chi connectivity index (χ4n) is 3.97. The third-order valence-corrected chi connectivity index (χ3v) is 5.23. The molecule has 0 radical (unpaired) electrons. The van der Waals surface area contributed by atoms with Gasteiger partial charge in [-0.1, -0.05) is 55.5 Å². The van der Waals surface area contributed by atoms with Crippen molar-refractivity contribution < 1.29 is 9.53 Å². The van der Waals surface area contributed by atoms with E-state index in [1.807, 2.05) is 48.5 Å². The summed E-state index contributed by atoms with van der Waals surface area (Å²) in [4.78, 5) is 18.0. The van der Waals surface area contributed by atoms with E-state index >= 15 is 0 Å². The molecule has 1 aromatic heterocycles. The van der Waals surface area contributed by atoms with Gasteiger partial charge in [-0.2, -0.15) is 5.26 Å². The van der Waals surface area contributed by atoms with Crippen molar-refractivity contribution in [3.8, 4) is 6.07 Å². The van der Waals surface area contributed by atoms with Crippen LogP contribution in [-0.2, 0) is 11.2 Å². The number of esters is 1. The van der Waals surface area contributed by atoms with Gasteiger partial charge in [0.2, 0.25) is 0 Å². The zero-order chi connectivity index (χ0) is 20.4. The van der Waals surface area contributed by atoms with Crippen LogP contribution < -0.4 is 0 Å². The Kier molecular flexibility index (Phi) is 5.14. The molecule has 29 heavy (non-hydrogen) atoms. The molecule has 0 saturated carbocycles. The number of carbonyl (C=O) groups excluding carboxylic acids is 1. The Labute approximate surface area is 170 Å². The van der Waals surface area contributed by atoms with Gasteiger partial charge in [-0.25, -0.2) is 9.78 Å². The molecular formula is C25H22N2O2. The summed E-state index contributed by atoms with van der Waals surface area (Å²) in [5.74, 6) is -0.0811. The predicted octanol–water partition coefficient (Wildman–Crippen LogP) is 5.43. The second-order valence-corrected chi connectivity index (χ2v) is 7.60. The van der Waals surface area contributed by atoms with Crippen molar-refractivity contribution in [2.45, 2.75) is 32.8 Å². The highest BCUT2D eigenvalue weighted by Gasteiger charge is 2.29. The number of fused-ring (bicyclic) bond motifs is 2. The second-order valence-electron chi connectivity index (χ2n) is 7.60. The zero-order valence-electron chi connectivity index (χ0n) is 16.6. The van der Waals surface area contributed by atoms with Crippen LogP contribution in [0.15, 0.2) is 54.6 Å². The number of hydrogen-bond donors (Lipinski definition) is 0. The highest BCUT2D eigenvalue weighted by atomic mass is 16.5. The molecule has 144 valence electrons. The molecule has 4 heteroatoms. The van der Waals surface area contributed by atoms with Gasteiger partial charge in [-0.05, 0) is 54.5 Å². The van der Waals surface area contributed by atoms with Crippen LogP contribution in [0.25, 0.3) is 22.6 Å². The minimum Gasteiger partial charge on any atom is -0.444 e. The van der Waals surface area contributed by atoms with Crippen molar-refractivity contribution in [1.29, 1.82) is 5.26 Å². The van der Waals surface area contributed by atoms with E-state index < -0.39 is 12.1 Å². The molecule has 1 aliphatic carbocycles. The summed E-state index contributed by atoms with van der Waals surface area (Å²) >= 11 is 0. The fraction of sp³-hybridized carbons (Fsp3) is 0.240. The number of nitrogens with zero attached hydrogens (tertiary/aromatic N) is 2. The predicted molar refractivity (Wildman–Crippen MR) is 114 cm³/mol. The van der Waals surface area contributed by atoms with E-state index in [0.717, 1.165) is 46.1 Å². The number of para-hydroxylation sites is 1. The SMILES string of the molecule is C[C@H]1C/C(=C/c2ccccc2)c2nc3ccccc3c(C(=O)O[C@H](C)C#N)c2C1. The van der Waals surface area contributed by atoms with Crippen LogP contribution in [-0.4, -0.2) is 17.1 Å². The van der Waals surface area contributed by atoms with Gasteiger partial charge >= 0.3 is 5.97 Å². The van der Waals surface area contributed by atoms with E-state index in [2.05, 4.69) is 25.1 Å². The quantitative estimate of drug-likeness (QED) is 0.567. The maximum absolute atomic E-state index is 13.1. The molecule has 2 aromatic carbocycles. The van der Waals surface area contributed by atoms with Crippen molar-refractivity contribution >= 4 is 28.5 Å². The fourth-order valence-corrected chi connectivity index (χ4v) is 3.97. The van der Waals surface area contributed by atoms with Gasteiger partial charge in [0.25, 0.3) is 0 Å². The Morgan fingerprint density at radius 2 is 1.90 bits per heavy atom. The van der Waals surface area contributed by atoms with Crippen molar-refractivity contribution in [2.24, 2.45) is 5.92 Å². The van der Waals surface area contributed by atoms with E-state index in [1.54, 1.807) is 6.92 Å². The first-order valence-corrected chi connectivity index (χ1v) is 9.85. The molecule has 0 saturated heterocycles. The van der Waals surface area contributed by atoms with Crippen molar-refractivity contribution in [3.05, 3.63) is 77.0 Å². The van der Waals surface area contributed by atoms with Crippen molar-refractivity contribution in [1.82, 2.24) is 4.98 Å². The molecule has 0 spiro atoms. The number of nitriles is 1. The largest absolute Gasteiger partial charge is 0.444 e. The number of aromatic nitrogens is 1. The third kappa shape index (κ3) is 3.77. The van der Waals surface area contributed by atoms with E-state index in [1.165, 1.54) is 0 Å². The summed E-state index contributed by atoms with van der Waals surface area (Å²) in [7, 11) is 0. The van der Waals surface area contributed by atoms with Crippen LogP contribution >= 0.6 is 0 Å². The van der Waals surface area contributed by atoms with Crippen LogP contribution in [0.2, 0.25) is 0 Å². The van der Waals surface area contributed by atoms with E-state index in [9.17, 15) is 4.79 Å². The average Bonchev–Trinajstić information content (AvgIpc) is 2.72. The van der Waals surface area contributed by atoms with Gasteiger partial charge in [0.15, 0.2) is 6.10 Å². The molecular weight excluding hydrogens is 360 g/mol. The molecule has 4 rings (SSSR count). The number of rotatable bonds is 3. The lowest BCUT2D eigenvalue weighted by Gasteiger charge is -2.26. The minimum absolute atomic E-state index is 0.375. The highest BCUT2D eigenvalue weighted by Crippen LogP contribution is 2.38. The summed E-state index contributed by atoms with van der Waals surface area (Å²) in [6.07, 6.45) is 3.01. The smallest absolute Gasteiger partial charge is 0.340 e. The number of hydrogen-bond acceptors (Lipinski definition) is 4. The third-order valence-electron chi connectivity index (χ3n) is 5.23. The van der Waals surface area contributed by atoms with Gasteiger partial charge in [0, 0.05) is 5.39 Å².